The Morgan fingerprint density at radius 3 is 2.92 bits per heavy atom. The number of hydrogen-bond acceptors (Lipinski definition) is 7. The molecule has 1 fully saturated rings. The number of nitrogens with zero attached hydrogens (tertiary/aromatic N) is 3. The number of fused-ring (bicyclic) bond motifs is 1. The van der Waals surface area contributed by atoms with E-state index in [9.17, 15) is 4.79 Å². The van der Waals surface area contributed by atoms with Crippen LogP contribution in [0.2, 0.25) is 0 Å². The van der Waals surface area contributed by atoms with Crippen LogP contribution < -0.4 is 25.0 Å². The Labute approximate surface area is 149 Å². The number of urea groups is 1. The lowest BCUT2D eigenvalue weighted by Gasteiger charge is -2.32. The molecule has 0 spiro atoms. The summed E-state index contributed by atoms with van der Waals surface area (Å²) in [5.41, 5.74) is 0.977. The molecule has 2 N–H and O–H groups in total. The maximum atomic E-state index is 12.1. The molecule has 2 amide bonds. The molecule has 9 heteroatoms. The number of carbonyl (C=O) groups is 1. The van der Waals surface area contributed by atoms with Crippen LogP contribution in [0.4, 0.5) is 10.6 Å². The maximum Gasteiger partial charge on any atom is 0.315 e. The van der Waals surface area contributed by atoms with Crippen molar-refractivity contribution in [2.24, 2.45) is 0 Å². The van der Waals surface area contributed by atoms with E-state index in [4.69, 9.17) is 9.47 Å². The van der Waals surface area contributed by atoms with Gasteiger partial charge in [-0.05, 0) is 30.5 Å². The third kappa shape index (κ3) is 3.76. The van der Waals surface area contributed by atoms with E-state index in [1.54, 1.807) is 6.20 Å². The molecule has 1 aromatic heterocycles. The summed E-state index contributed by atoms with van der Waals surface area (Å²) >= 11 is 1.22. The molecule has 2 aromatic rings. The minimum atomic E-state index is -0.147. The van der Waals surface area contributed by atoms with E-state index in [1.807, 2.05) is 18.2 Å². The summed E-state index contributed by atoms with van der Waals surface area (Å²) in [6, 6.07) is 5.71. The summed E-state index contributed by atoms with van der Waals surface area (Å²) in [5.74, 6) is 2.40. The highest BCUT2D eigenvalue weighted by molar-refractivity contribution is 6.99. The van der Waals surface area contributed by atoms with Gasteiger partial charge in [0.25, 0.3) is 0 Å². The van der Waals surface area contributed by atoms with E-state index in [0.717, 1.165) is 48.8 Å². The van der Waals surface area contributed by atoms with Crippen molar-refractivity contribution < 1.29 is 14.3 Å². The molecule has 0 atom stereocenters. The second kappa shape index (κ2) is 7.14. The van der Waals surface area contributed by atoms with Crippen molar-refractivity contribution in [3.05, 3.63) is 30.0 Å². The summed E-state index contributed by atoms with van der Waals surface area (Å²) in [6.45, 7) is 2.45. The van der Waals surface area contributed by atoms with Crippen LogP contribution in [-0.2, 0) is 6.54 Å². The molecule has 2 aliphatic rings. The van der Waals surface area contributed by atoms with Crippen molar-refractivity contribution in [3.63, 3.8) is 0 Å². The second-order valence-corrected chi connectivity index (χ2v) is 6.60. The lowest BCUT2D eigenvalue weighted by molar-refractivity contribution is 0.174. The van der Waals surface area contributed by atoms with Gasteiger partial charge in [0.15, 0.2) is 17.3 Å². The fourth-order valence-electron chi connectivity index (χ4n) is 3.02. The van der Waals surface area contributed by atoms with E-state index >= 15 is 0 Å². The van der Waals surface area contributed by atoms with E-state index < -0.39 is 0 Å². The number of nitrogens with one attached hydrogen (secondary N) is 2. The first kappa shape index (κ1) is 15.9. The minimum absolute atomic E-state index is 0.147. The average Bonchev–Trinajstić information content (AvgIpc) is 3.32. The van der Waals surface area contributed by atoms with Gasteiger partial charge in [-0.25, -0.2) is 4.79 Å². The molecular weight excluding hydrogens is 342 g/mol. The first-order valence-electron chi connectivity index (χ1n) is 8.23. The van der Waals surface area contributed by atoms with Crippen LogP contribution in [0.1, 0.15) is 18.4 Å². The summed E-state index contributed by atoms with van der Waals surface area (Å²) in [6.07, 6.45) is 3.58. The van der Waals surface area contributed by atoms with Crippen molar-refractivity contribution in [3.8, 4) is 11.5 Å². The van der Waals surface area contributed by atoms with Crippen molar-refractivity contribution >= 4 is 23.6 Å². The number of piperidine rings is 1. The molecule has 3 heterocycles. The van der Waals surface area contributed by atoms with Gasteiger partial charge in [0.05, 0.1) is 17.9 Å². The van der Waals surface area contributed by atoms with Crippen LogP contribution in [0.3, 0.4) is 0 Å². The van der Waals surface area contributed by atoms with Gasteiger partial charge in [0, 0.05) is 25.7 Å². The van der Waals surface area contributed by atoms with Crippen LogP contribution in [0.15, 0.2) is 24.4 Å². The molecule has 2 aliphatic heterocycles. The largest absolute Gasteiger partial charge is 0.454 e. The number of carbonyl (C=O) groups excluding carboxylic acids is 1. The zero-order chi connectivity index (χ0) is 17.1. The fraction of sp³-hybridized carbons (Fsp3) is 0.438. The van der Waals surface area contributed by atoms with Crippen LogP contribution in [-0.4, -0.2) is 40.7 Å². The molecule has 1 saturated heterocycles. The molecule has 4 rings (SSSR count). The quantitative estimate of drug-likeness (QED) is 0.862. The van der Waals surface area contributed by atoms with E-state index in [1.165, 1.54) is 11.7 Å². The predicted molar refractivity (Wildman–Crippen MR) is 93.1 cm³/mol. The Balaban J connectivity index is 1.22. The lowest BCUT2D eigenvalue weighted by atomic mass is 10.1. The van der Waals surface area contributed by atoms with E-state index in [0.29, 0.717) is 6.54 Å². The van der Waals surface area contributed by atoms with Crippen molar-refractivity contribution in [2.75, 3.05) is 24.8 Å². The zero-order valence-corrected chi connectivity index (χ0v) is 14.4. The molecule has 0 radical (unpaired) electrons. The highest BCUT2D eigenvalue weighted by Crippen LogP contribution is 2.32. The molecule has 0 unspecified atom stereocenters. The van der Waals surface area contributed by atoms with Gasteiger partial charge in [-0.1, -0.05) is 6.07 Å². The molecule has 25 heavy (non-hydrogen) atoms. The van der Waals surface area contributed by atoms with Crippen molar-refractivity contribution in [1.29, 1.82) is 0 Å². The number of aromatic nitrogens is 2. The van der Waals surface area contributed by atoms with Gasteiger partial charge < -0.3 is 25.0 Å². The Bertz CT molecular complexity index is 731. The van der Waals surface area contributed by atoms with E-state index in [-0.39, 0.29) is 18.9 Å². The van der Waals surface area contributed by atoms with Crippen molar-refractivity contribution in [1.82, 2.24) is 19.4 Å². The third-order valence-corrected chi connectivity index (χ3v) is 4.86. The smallest absolute Gasteiger partial charge is 0.315 e. The number of anilines is 1. The highest BCUT2D eigenvalue weighted by atomic mass is 32.1. The SMILES string of the molecule is O=C(NCc1ccc2c(c1)OCO2)NC1CCN(c2cnsn2)CC1. The number of ether oxygens (including phenoxy) is 2. The molecular formula is C16H19N5O3S. The van der Waals surface area contributed by atoms with Gasteiger partial charge in [0.2, 0.25) is 6.79 Å². The second-order valence-electron chi connectivity index (χ2n) is 6.04. The first-order chi connectivity index (χ1) is 12.3. The molecule has 132 valence electrons. The van der Waals surface area contributed by atoms with Gasteiger partial charge in [0.1, 0.15) is 0 Å². The van der Waals surface area contributed by atoms with Crippen molar-refractivity contribution in [2.45, 2.75) is 25.4 Å². The summed E-state index contributed by atoms with van der Waals surface area (Å²) in [5, 5.41) is 5.94. The van der Waals surface area contributed by atoms with Gasteiger partial charge in [-0.3, -0.25) is 0 Å². The number of rotatable bonds is 4. The standard InChI is InChI=1S/C16H19N5O3S/c22-16(17-8-11-1-2-13-14(7-11)24-10-23-13)19-12-3-5-21(6-4-12)15-9-18-25-20-15/h1-2,7,9,12H,3-6,8,10H2,(H2,17,19,22). The topological polar surface area (TPSA) is 88.6 Å². The normalized spacial score (nSPS) is 16.7. The molecule has 0 bridgehead atoms. The lowest BCUT2D eigenvalue weighted by Crippen LogP contribution is -2.47. The minimum Gasteiger partial charge on any atom is -0.454 e. The summed E-state index contributed by atoms with van der Waals surface area (Å²) in [4.78, 5) is 14.3. The Hall–Kier alpha value is -2.55. The van der Waals surface area contributed by atoms with Crippen LogP contribution in [0.25, 0.3) is 0 Å². The number of benzene rings is 1. The van der Waals surface area contributed by atoms with Crippen LogP contribution in [0.5, 0.6) is 11.5 Å². The number of amides is 2. The maximum absolute atomic E-state index is 12.1. The fourth-order valence-corrected chi connectivity index (χ4v) is 3.46. The zero-order valence-electron chi connectivity index (χ0n) is 13.6. The molecule has 0 saturated carbocycles. The van der Waals surface area contributed by atoms with Gasteiger partial charge >= 0.3 is 6.03 Å². The summed E-state index contributed by atoms with van der Waals surface area (Å²) in [7, 11) is 0. The first-order valence-corrected chi connectivity index (χ1v) is 8.96. The third-order valence-electron chi connectivity index (χ3n) is 4.39. The molecule has 8 nitrogen and oxygen atoms in total. The average molecular weight is 361 g/mol. The predicted octanol–water partition coefficient (Wildman–Crippen LogP) is 1.74. The Kier molecular flexibility index (Phi) is 4.55. The van der Waals surface area contributed by atoms with Crippen LogP contribution in [0, 0.1) is 0 Å². The molecule has 1 aromatic carbocycles. The molecule has 0 aliphatic carbocycles. The number of hydrogen-bond donors (Lipinski definition) is 2. The van der Waals surface area contributed by atoms with Gasteiger partial charge in [-0.15, -0.1) is 0 Å². The Morgan fingerprint density at radius 1 is 1.28 bits per heavy atom. The van der Waals surface area contributed by atoms with E-state index in [2.05, 4.69) is 24.3 Å². The highest BCUT2D eigenvalue weighted by Gasteiger charge is 2.22. The monoisotopic (exact) mass is 361 g/mol. The van der Waals surface area contributed by atoms with Gasteiger partial charge in [-0.2, -0.15) is 8.75 Å². The summed E-state index contributed by atoms with van der Waals surface area (Å²) < 4.78 is 18.9. The Morgan fingerprint density at radius 2 is 2.12 bits per heavy atom. The van der Waals surface area contributed by atoms with Crippen LogP contribution >= 0.6 is 11.7 Å².